The summed E-state index contributed by atoms with van der Waals surface area (Å²) in [6.07, 6.45) is 0.385. The molecule has 2 aliphatic rings. The van der Waals surface area contributed by atoms with Crippen LogP contribution in [0.25, 0.3) is 0 Å². The van der Waals surface area contributed by atoms with Crippen molar-refractivity contribution < 1.29 is 23.5 Å². The number of urea groups is 1. The van der Waals surface area contributed by atoms with Crippen LogP contribution in [0.3, 0.4) is 0 Å². The van der Waals surface area contributed by atoms with E-state index in [4.69, 9.17) is 4.74 Å². The minimum Gasteiger partial charge on any atom is -0.492 e. The largest absolute Gasteiger partial charge is 0.492 e. The maximum atomic E-state index is 14.0. The third kappa shape index (κ3) is 3.74. The lowest BCUT2D eigenvalue weighted by atomic mass is 9.95. The van der Waals surface area contributed by atoms with E-state index in [-0.39, 0.29) is 30.5 Å². The summed E-state index contributed by atoms with van der Waals surface area (Å²) >= 11 is 0. The van der Waals surface area contributed by atoms with Crippen molar-refractivity contribution in [2.45, 2.75) is 38.3 Å². The number of hydrogen-bond acceptors (Lipinski definition) is 5. The molecule has 2 fully saturated rings. The lowest BCUT2D eigenvalue weighted by Crippen LogP contribution is -2.54. The Bertz CT molecular complexity index is 802. The van der Waals surface area contributed by atoms with Crippen LogP contribution in [0.5, 0.6) is 5.75 Å². The summed E-state index contributed by atoms with van der Waals surface area (Å²) in [4.78, 5) is 39.6. The number of nitrogens with zero attached hydrogens (tertiary/aromatic N) is 2. The predicted octanol–water partition coefficient (Wildman–Crippen LogP) is 1.25. The molecule has 28 heavy (non-hydrogen) atoms. The van der Waals surface area contributed by atoms with Gasteiger partial charge in [0.25, 0.3) is 5.91 Å². The van der Waals surface area contributed by atoms with Gasteiger partial charge in [-0.2, -0.15) is 0 Å². The molecule has 2 aliphatic heterocycles. The Morgan fingerprint density at radius 2 is 2.11 bits per heavy atom. The third-order valence-electron chi connectivity index (χ3n) is 5.40. The van der Waals surface area contributed by atoms with E-state index in [1.165, 1.54) is 13.2 Å². The number of anilines is 1. The maximum absolute atomic E-state index is 14.0. The van der Waals surface area contributed by atoms with E-state index in [0.717, 1.165) is 0 Å². The number of para-hydroxylation sites is 1. The molecule has 152 valence electrons. The molecule has 2 heterocycles. The van der Waals surface area contributed by atoms with Gasteiger partial charge in [0, 0.05) is 32.1 Å². The number of imide groups is 1. The Hall–Kier alpha value is -2.84. The number of carbonyl (C=O) groups excluding carboxylic acids is 3. The molecule has 0 saturated carbocycles. The monoisotopic (exact) mass is 392 g/mol. The summed E-state index contributed by atoms with van der Waals surface area (Å²) in [7, 11) is 1.44. The molecule has 1 aromatic rings. The molecule has 0 unspecified atom stereocenters. The molecule has 0 spiro atoms. The van der Waals surface area contributed by atoms with E-state index in [1.807, 2.05) is 11.8 Å². The lowest BCUT2D eigenvalue weighted by molar-refractivity contribution is -0.132. The molecule has 0 aromatic heterocycles. The zero-order valence-electron chi connectivity index (χ0n) is 16.3. The van der Waals surface area contributed by atoms with Gasteiger partial charge in [-0.25, -0.2) is 9.18 Å². The summed E-state index contributed by atoms with van der Waals surface area (Å²) in [5, 5.41) is 4.76. The zero-order chi connectivity index (χ0) is 20.5. The topological polar surface area (TPSA) is 91.0 Å². The van der Waals surface area contributed by atoms with Crippen molar-refractivity contribution in [1.29, 1.82) is 0 Å². The van der Waals surface area contributed by atoms with E-state index in [0.29, 0.717) is 25.3 Å². The van der Waals surface area contributed by atoms with Gasteiger partial charge in [-0.05, 0) is 32.4 Å². The first-order chi connectivity index (χ1) is 13.2. The number of amides is 4. The van der Waals surface area contributed by atoms with E-state index in [9.17, 15) is 18.8 Å². The zero-order valence-corrected chi connectivity index (χ0v) is 16.3. The van der Waals surface area contributed by atoms with Crippen molar-refractivity contribution in [2.24, 2.45) is 0 Å². The van der Waals surface area contributed by atoms with Gasteiger partial charge in [0.15, 0.2) is 11.6 Å². The molecule has 1 aromatic carbocycles. The standard InChI is InChI=1S/C19H25FN4O4/c1-12-11-23(15(25)7-8-19(2)17(26)21-18(27)22-19)9-10-24(12)14-6-4-5-13(20)16(14)28-3/h4-6,12H,7-11H2,1-3H3,(H2,21,22,26,27)/t12-,19+/m0/s1. The van der Waals surface area contributed by atoms with Crippen LogP contribution in [0.15, 0.2) is 18.2 Å². The molecule has 0 bridgehead atoms. The van der Waals surface area contributed by atoms with E-state index in [2.05, 4.69) is 10.6 Å². The fourth-order valence-electron chi connectivity index (χ4n) is 3.74. The third-order valence-corrected chi connectivity index (χ3v) is 5.40. The van der Waals surface area contributed by atoms with Gasteiger partial charge in [0.1, 0.15) is 5.54 Å². The second-order valence-corrected chi connectivity index (χ2v) is 7.41. The minimum absolute atomic E-state index is 0.0292. The van der Waals surface area contributed by atoms with Crippen molar-refractivity contribution in [3.8, 4) is 5.75 Å². The number of nitrogens with one attached hydrogen (secondary N) is 2. The highest BCUT2D eigenvalue weighted by Gasteiger charge is 2.42. The van der Waals surface area contributed by atoms with Crippen LogP contribution < -0.4 is 20.3 Å². The Kier molecular flexibility index (Phi) is 5.44. The lowest BCUT2D eigenvalue weighted by Gasteiger charge is -2.42. The molecule has 0 aliphatic carbocycles. The number of ether oxygens (including phenoxy) is 1. The van der Waals surface area contributed by atoms with Crippen molar-refractivity contribution in [3.63, 3.8) is 0 Å². The second-order valence-electron chi connectivity index (χ2n) is 7.41. The molecule has 2 N–H and O–H groups in total. The van der Waals surface area contributed by atoms with E-state index >= 15 is 0 Å². The number of rotatable bonds is 5. The summed E-state index contributed by atoms with van der Waals surface area (Å²) in [5.74, 6) is -0.713. The predicted molar refractivity (Wildman–Crippen MR) is 101 cm³/mol. The summed E-state index contributed by atoms with van der Waals surface area (Å²) < 4.78 is 19.2. The quantitative estimate of drug-likeness (QED) is 0.736. The SMILES string of the molecule is COc1c(F)cccc1N1CCN(C(=O)CC[C@@]2(C)NC(=O)NC2=O)C[C@@H]1C. The number of benzene rings is 1. The normalized spacial score (nSPS) is 24.8. The van der Waals surface area contributed by atoms with Gasteiger partial charge in [-0.1, -0.05) is 6.07 Å². The molecule has 0 radical (unpaired) electrons. The Morgan fingerprint density at radius 3 is 2.71 bits per heavy atom. The molecular formula is C19H25FN4O4. The maximum Gasteiger partial charge on any atom is 0.322 e. The molecule has 3 rings (SSSR count). The molecular weight excluding hydrogens is 367 g/mol. The first kappa shape index (κ1) is 19.9. The number of methoxy groups -OCH3 is 1. The van der Waals surface area contributed by atoms with Crippen LogP contribution in [0.2, 0.25) is 0 Å². The van der Waals surface area contributed by atoms with Crippen molar-refractivity contribution >= 4 is 23.5 Å². The van der Waals surface area contributed by atoms with E-state index in [1.54, 1.807) is 24.0 Å². The smallest absolute Gasteiger partial charge is 0.322 e. The van der Waals surface area contributed by atoms with Gasteiger partial charge < -0.3 is 19.9 Å². The molecule has 2 atom stereocenters. The average Bonchev–Trinajstić information content (AvgIpc) is 2.91. The van der Waals surface area contributed by atoms with Crippen molar-refractivity contribution in [2.75, 3.05) is 31.6 Å². The van der Waals surface area contributed by atoms with Gasteiger partial charge in [-0.3, -0.25) is 14.9 Å². The minimum atomic E-state index is -1.06. The van der Waals surface area contributed by atoms with Gasteiger partial charge in [0.2, 0.25) is 5.91 Å². The highest BCUT2D eigenvalue weighted by Crippen LogP contribution is 2.33. The van der Waals surface area contributed by atoms with Crippen LogP contribution in [0.1, 0.15) is 26.7 Å². The number of carbonyl (C=O) groups is 3. The summed E-state index contributed by atoms with van der Waals surface area (Å²) in [6.45, 7) is 5.08. The summed E-state index contributed by atoms with van der Waals surface area (Å²) in [5.41, 5.74) is -0.394. The molecule has 4 amide bonds. The highest BCUT2D eigenvalue weighted by atomic mass is 19.1. The Balaban J connectivity index is 1.61. The second kappa shape index (κ2) is 7.65. The molecule has 9 heteroatoms. The Morgan fingerprint density at radius 1 is 1.36 bits per heavy atom. The van der Waals surface area contributed by atoms with Crippen LogP contribution in [0.4, 0.5) is 14.9 Å². The number of halogens is 1. The van der Waals surface area contributed by atoms with Gasteiger partial charge in [0.05, 0.1) is 12.8 Å². The van der Waals surface area contributed by atoms with Crippen LogP contribution in [-0.4, -0.2) is 61.1 Å². The van der Waals surface area contributed by atoms with E-state index < -0.39 is 23.3 Å². The van der Waals surface area contributed by atoms with Crippen molar-refractivity contribution in [1.82, 2.24) is 15.5 Å². The van der Waals surface area contributed by atoms with Crippen LogP contribution in [-0.2, 0) is 9.59 Å². The fourth-order valence-corrected chi connectivity index (χ4v) is 3.74. The number of piperazine rings is 1. The summed E-state index contributed by atoms with van der Waals surface area (Å²) in [6, 6.07) is 4.23. The molecule has 2 saturated heterocycles. The van der Waals surface area contributed by atoms with Crippen LogP contribution in [0, 0.1) is 5.82 Å². The average molecular weight is 392 g/mol. The van der Waals surface area contributed by atoms with Crippen molar-refractivity contribution in [3.05, 3.63) is 24.0 Å². The van der Waals surface area contributed by atoms with Crippen LogP contribution >= 0.6 is 0 Å². The Labute approximate surface area is 163 Å². The van der Waals surface area contributed by atoms with Gasteiger partial charge in [-0.15, -0.1) is 0 Å². The first-order valence-electron chi connectivity index (χ1n) is 9.25. The van der Waals surface area contributed by atoms with Gasteiger partial charge >= 0.3 is 6.03 Å². The fraction of sp³-hybridized carbons (Fsp3) is 0.526. The first-order valence-corrected chi connectivity index (χ1v) is 9.25. The number of hydrogen-bond donors (Lipinski definition) is 2. The highest BCUT2D eigenvalue weighted by molar-refractivity contribution is 6.06. The molecule has 8 nitrogen and oxygen atoms in total.